The van der Waals surface area contributed by atoms with Crippen molar-refractivity contribution in [1.82, 2.24) is 0 Å². The molecule has 1 aromatic rings. The number of hydrogen-bond acceptors (Lipinski definition) is 3. The fourth-order valence-electron chi connectivity index (χ4n) is 2.01. The standard InChI is InChI=1S/C14H16BClF3NO3/c1-12(2)13(3,4)23-15(22-12)9-7-8(16)5-6-10(9)20-11(21)14(17,18)19/h5-7H,1-4H3,(H,20,21). The van der Waals surface area contributed by atoms with Gasteiger partial charge in [0.1, 0.15) is 0 Å². The normalized spacial score (nSPS) is 19.7. The van der Waals surface area contributed by atoms with Gasteiger partial charge in [-0.25, -0.2) is 0 Å². The van der Waals surface area contributed by atoms with Crippen molar-refractivity contribution in [3.8, 4) is 0 Å². The Bertz CT molecular complexity index is 618. The second-order valence-corrected chi connectivity index (χ2v) is 6.71. The van der Waals surface area contributed by atoms with Gasteiger partial charge in [-0.1, -0.05) is 11.6 Å². The fraction of sp³-hybridized carbons (Fsp3) is 0.500. The van der Waals surface area contributed by atoms with Gasteiger partial charge in [0.2, 0.25) is 0 Å². The van der Waals surface area contributed by atoms with Gasteiger partial charge in [0.05, 0.1) is 11.2 Å². The monoisotopic (exact) mass is 349 g/mol. The molecule has 4 nitrogen and oxygen atoms in total. The Labute approximate surface area is 137 Å². The van der Waals surface area contributed by atoms with E-state index in [-0.39, 0.29) is 11.2 Å². The first-order valence-electron chi connectivity index (χ1n) is 6.87. The van der Waals surface area contributed by atoms with Crippen LogP contribution in [0.5, 0.6) is 0 Å². The summed E-state index contributed by atoms with van der Waals surface area (Å²) in [7, 11) is -0.942. The molecule has 0 saturated carbocycles. The zero-order valence-corrected chi connectivity index (χ0v) is 13.8. The predicted molar refractivity (Wildman–Crippen MR) is 81.9 cm³/mol. The molecule has 1 saturated heterocycles. The maximum atomic E-state index is 12.5. The molecule has 0 atom stereocenters. The largest absolute Gasteiger partial charge is 0.497 e. The highest BCUT2D eigenvalue weighted by Gasteiger charge is 2.52. The lowest BCUT2D eigenvalue weighted by atomic mass is 9.77. The summed E-state index contributed by atoms with van der Waals surface area (Å²) in [5.74, 6) is -2.07. The minimum atomic E-state index is -4.99. The van der Waals surface area contributed by atoms with Crippen LogP contribution >= 0.6 is 11.6 Å². The van der Waals surface area contributed by atoms with Crippen molar-refractivity contribution < 1.29 is 27.3 Å². The number of amides is 1. The maximum absolute atomic E-state index is 12.5. The molecule has 1 fully saturated rings. The number of halogens is 4. The van der Waals surface area contributed by atoms with Gasteiger partial charge in [0, 0.05) is 16.2 Å². The molecular formula is C14H16BClF3NO3. The highest BCUT2D eigenvalue weighted by atomic mass is 35.5. The summed E-state index contributed by atoms with van der Waals surface area (Å²) in [5.41, 5.74) is -1.18. The van der Waals surface area contributed by atoms with Crippen LogP contribution in [-0.4, -0.2) is 30.4 Å². The third-order valence-corrected chi connectivity index (χ3v) is 4.26. The molecule has 1 aromatic carbocycles. The number of rotatable bonds is 2. The molecule has 1 heterocycles. The van der Waals surface area contributed by atoms with Crippen molar-refractivity contribution in [2.45, 2.75) is 45.1 Å². The Balaban J connectivity index is 2.36. The van der Waals surface area contributed by atoms with E-state index in [0.29, 0.717) is 5.02 Å². The lowest BCUT2D eigenvalue weighted by Gasteiger charge is -2.32. The van der Waals surface area contributed by atoms with E-state index in [9.17, 15) is 18.0 Å². The molecule has 0 spiro atoms. The molecule has 0 aromatic heterocycles. The molecule has 1 aliphatic heterocycles. The number of anilines is 1. The average molecular weight is 350 g/mol. The molecule has 1 aliphatic rings. The Kier molecular flexibility index (Phi) is 4.47. The number of carbonyl (C=O) groups is 1. The van der Waals surface area contributed by atoms with Crippen LogP contribution in [0.2, 0.25) is 5.02 Å². The van der Waals surface area contributed by atoms with Crippen LogP contribution in [-0.2, 0) is 14.1 Å². The molecule has 23 heavy (non-hydrogen) atoms. The third kappa shape index (κ3) is 3.64. The summed E-state index contributed by atoms with van der Waals surface area (Å²) in [4.78, 5) is 11.2. The molecule has 0 radical (unpaired) electrons. The van der Waals surface area contributed by atoms with Gasteiger partial charge in [-0.2, -0.15) is 13.2 Å². The SMILES string of the molecule is CC1(C)OB(c2cc(Cl)ccc2NC(=O)C(F)(F)F)OC1(C)C. The van der Waals surface area contributed by atoms with Gasteiger partial charge in [-0.05, 0) is 45.9 Å². The van der Waals surface area contributed by atoms with E-state index in [1.165, 1.54) is 18.2 Å². The van der Waals surface area contributed by atoms with Gasteiger partial charge in [-0.3, -0.25) is 4.79 Å². The molecule has 2 rings (SSSR count). The highest BCUT2D eigenvalue weighted by Crippen LogP contribution is 2.37. The van der Waals surface area contributed by atoms with Crippen LogP contribution in [0.15, 0.2) is 18.2 Å². The Morgan fingerprint density at radius 2 is 1.70 bits per heavy atom. The smallest absolute Gasteiger partial charge is 0.399 e. The zero-order valence-electron chi connectivity index (χ0n) is 13.0. The minimum absolute atomic E-state index is 0.0600. The minimum Gasteiger partial charge on any atom is -0.399 e. The van der Waals surface area contributed by atoms with E-state index in [4.69, 9.17) is 20.9 Å². The van der Waals surface area contributed by atoms with Crippen molar-refractivity contribution in [3.05, 3.63) is 23.2 Å². The van der Waals surface area contributed by atoms with Crippen LogP contribution in [0, 0.1) is 0 Å². The van der Waals surface area contributed by atoms with Crippen LogP contribution in [0.25, 0.3) is 0 Å². The molecule has 1 amide bonds. The van der Waals surface area contributed by atoms with Crippen molar-refractivity contribution in [1.29, 1.82) is 0 Å². The lowest BCUT2D eigenvalue weighted by Crippen LogP contribution is -2.41. The molecule has 1 N–H and O–H groups in total. The zero-order chi connectivity index (χ0) is 17.6. The summed E-state index contributed by atoms with van der Waals surface area (Å²) in [5, 5.41) is 2.12. The van der Waals surface area contributed by atoms with Crippen molar-refractivity contribution in [2.24, 2.45) is 0 Å². The quantitative estimate of drug-likeness (QED) is 0.835. The Morgan fingerprint density at radius 3 is 2.17 bits per heavy atom. The second-order valence-electron chi connectivity index (χ2n) is 6.27. The summed E-state index contributed by atoms with van der Waals surface area (Å²) < 4.78 is 49.0. The van der Waals surface area contributed by atoms with Gasteiger partial charge < -0.3 is 14.6 Å². The van der Waals surface area contributed by atoms with E-state index >= 15 is 0 Å². The first-order chi connectivity index (χ1) is 10.3. The summed E-state index contributed by atoms with van der Waals surface area (Å²) >= 11 is 5.92. The molecule has 9 heteroatoms. The van der Waals surface area contributed by atoms with Gasteiger partial charge in [0.15, 0.2) is 0 Å². The van der Waals surface area contributed by atoms with Crippen LogP contribution in [0.4, 0.5) is 18.9 Å². The maximum Gasteiger partial charge on any atom is 0.497 e. The molecule has 0 aliphatic carbocycles. The summed E-state index contributed by atoms with van der Waals surface area (Å²) in [6.45, 7) is 7.24. The van der Waals surface area contributed by atoms with Crippen LogP contribution < -0.4 is 10.8 Å². The van der Waals surface area contributed by atoms with Crippen molar-refractivity contribution >= 4 is 35.8 Å². The second kappa shape index (κ2) is 5.68. The number of alkyl halides is 3. The van der Waals surface area contributed by atoms with Crippen LogP contribution in [0.1, 0.15) is 27.7 Å². The number of benzene rings is 1. The van der Waals surface area contributed by atoms with E-state index in [0.717, 1.165) is 0 Å². The Morgan fingerprint density at radius 1 is 1.17 bits per heavy atom. The first kappa shape index (κ1) is 18.1. The van der Waals surface area contributed by atoms with E-state index in [1.54, 1.807) is 0 Å². The third-order valence-electron chi connectivity index (χ3n) is 4.03. The topological polar surface area (TPSA) is 47.6 Å². The van der Waals surface area contributed by atoms with Gasteiger partial charge in [-0.15, -0.1) is 0 Å². The van der Waals surface area contributed by atoms with Crippen molar-refractivity contribution in [3.63, 3.8) is 0 Å². The first-order valence-corrected chi connectivity index (χ1v) is 7.24. The molecule has 0 unspecified atom stereocenters. The summed E-state index contributed by atoms with van der Waals surface area (Å²) in [6, 6.07) is 4.07. The number of hydrogen-bond donors (Lipinski definition) is 1. The molecule has 0 bridgehead atoms. The van der Waals surface area contributed by atoms with E-state index in [1.807, 2.05) is 33.0 Å². The number of nitrogens with one attached hydrogen (secondary N) is 1. The Hall–Kier alpha value is -1.25. The predicted octanol–water partition coefficient (Wildman–Crippen LogP) is 3.14. The van der Waals surface area contributed by atoms with E-state index in [2.05, 4.69) is 0 Å². The van der Waals surface area contributed by atoms with Crippen LogP contribution in [0.3, 0.4) is 0 Å². The molecular weight excluding hydrogens is 333 g/mol. The van der Waals surface area contributed by atoms with Crippen molar-refractivity contribution in [2.75, 3.05) is 5.32 Å². The highest BCUT2D eigenvalue weighted by molar-refractivity contribution is 6.64. The van der Waals surface area contributed by atoms with Gasteiger partial charge in [0.25, 0.3) is 0 Å². The average Bonchev–Trinajstić information content (AvgIpc) is 2.59. The fourth-order valence-corrected chi connectivity index (χ4v) is 2.19. The number of carbonyl (C=O) groups excluding carboxylic acids is 1. The summed E-state index contributed by atoms with van der Waals surface area (Å²) in [6.07, 6.45) is -4.99. The van der Waals surface area contributed by atoms with E-state index < -0.39 is 30.4 Å². The van der Waals surface area contributed by atoms with Gasteiger partial charge >= 0.3 is 19.2 Å². The molecule has 126 valence electrons. The lowest BCUT2D eigenvalue weighted by molar-refractivity contribution is -0.167.